The molecule has 0 saturated carbocycles. The van der Waals surface area contributed by atoms with Gasteiger partial charge in [-0.05, 0) is 45.0 Å². The van der Waals surface area contributed by atoms with Crippen LogP contribution in [0.5, 0.6) is 0 Å². The normalized spacial score (nSPS) is 14.5. The summed E-state index contributed by atoms with van der Waals surface area (Å²) in [6.07, 6.45) is 6.43. The summed E-state index contributed by atoms with van der Waals surface area (Å²) in [5.41, 5.74) is 12.0. The van der Waals surface area contributed by atoms with Gasteiger partial charge >= 0.3 is 0 Å². The minimum absolute atomic E-state index is 0.200. The molecule has 39 heavy (non-hydrogen) atoms. The fourth-order valence-electron chi connectivity index (χ4n) is 5.52. The molecular weight excluding hydrogens is 486 g/mol. The lowest BCUT2D eigenvalue weighted by atomic mass is 9.93. The molecule has 8 heteroatoms. The zero-order chi connectivity index (χ0) is 26.9. The van der Waals surface area contributed by atoms with Gasteiger partial charge in [0.05, 0.1) is 17.8 Å². The molecule has 0 bridgehead atoms. The quantitative estimate of drug-likeness (QED) is 0.354. The minimum Gasteiger partial charge on any atom is -0.382 e. The number of anilines is 1. The maximum atomic E-state index is 12.5. The van der Waals surface area contributed by atoms with Gasteiger partial charge in [0.15, 0.2) is 0 Å². The van der Waals surface area contributed by atoms with Gasteiger partial charge in [-0.3, -0.25) is 9.20 Å². The summed E-state index contributed by atoms with van der Waals surface area (Å²) in [4.78, 5) is 30.9. The van der Waals surface area contributed by atoms with Gasteiger partial charge in [0, 0.05) is 48.4 Å². The fourth-order valence-corrected chi connectivity index (χ4v) is 5.52. The summed E-state index contributed by atoms with van der Waals surface area (Å²) in [6, 6.07) is 20.6. The van der Waals surface area contributed by atoms with Crippen LogP contribution in [0.25, 0.3) is 38.9 Å². The van der Waals surface area contributed by atoms with E-state index in [-0.39, 0.29) is 5.91 Å². The van der Waals surface area contributed by atoms with Crippen molar-refractivity contribution in [3.05, 3.63) is 78.9 Å². The van der Waals surface area contributed by atoms with E-state index < -0.39 is 0 Å². The number of nitrogens with two attached hydrogens (primary N) is 1. The monoisotopic (exact) mass is 519 g/mol. The number of piperidine rings is 1. The lowest BCUT2D eigenvalue weighted by molar-refractivity contribution is -0.133. The third kappa shape index (κ3) is 5.07. The van der Waals surface area contributed by atoms with Crippen molar-refractivity contribution in [2.45, 2.75) is 19.3 Å². The van der Waals surface area contributed by atoms with Gasteiger partial charge in [-0.25, -0.2) is 15.0 Å². The summed E-state index contributed by atoms with van der Waals surface area (Å²) in [5.74, 6) is 2.08. The summed E-state index contributed by atoms with van der Waals surface area (Å²) in [5, 5.41) is 1.07. The van der Waals surface area contributed by atoms with Crippen LogP contribution in [-0.2, 0) is 11.2 Å². The van der Waals surface area contributed by atoms with Gasteiger partial charge in [-0.1, -0.05) is 48.5 Å². The number of imidazole rings is 1. The Hall–Kier alpha value is -4.30. The summed E-state index contributed by atoms with van der Waals surface area (Å²) >= 11 is 0. The standard InChI is InChI=1S/C31H33N7O/c1-36(2)20-28(39)37-15-12-21(13-16-37)18-27-35-29(30-31(32)33-14-17-38(27)30)24-9-8-23-10-11-25(34-26(23)19-24)22-6-4-3-5-7-22/h3-11,14,17,19,21H,12-13,15-16,18,20H2,1-2H3,(H2,32,33). The van der Waals surface area contributed by atoms with Crippen LogP contribution >= 0.6 is 0 Å². The highest BCUT2D eigenvalue weighted by molar-refractivity contribution is 5.91. The van der Waals surface area contributed by atoms with Crippen LogP contribution in [0.3, 0.4) is 0 Å². The number of hydrogen-bond donors (Lipinski definition) is 1. The summed E-state index contributed by atoms with van der Waals surface area (Å²) in [6.45, 7) is 2.03. The molecule has 0 spiro atoms. The molecule has 198 valence electrons. The van der Waals surface area contributed by atoms with Gasteiger partial charge < -0.3 is 15.5 Å². The molecule has 1 fully saturated rings. The average Bonchev–Trinajstić information content (AvgIpc) is 3.32. The Kier molecular flexibility index (Phi) is 6.70. The number of hydrogen-bond acceptors (Lipinski definition) is 6. The second-order valence-corrected chi connectivity index (χ2v) is 10.6. The van der Waals surface area contributed by atoms with E-state index in [0.29, 0.717) is 18.3 Å². The third-order valence-electron chi connectivity index (χ3n) is 7.58. The third-order valence-corrected chi connectivity index (χ3v) is 7.58. The molecule has 2 N–H and O–H groups in total. The van der Waals surface area contributed by atoms with E-state index in [0.717, 1.165) is 77.1 Å². The smallest absolute Gasteiger partial charge is 0.236 e. The molecule has 8 nitrogen and oxygen atoms in total. The lowest BCUT2D eigenvalue weighted by Gasteiger charge is -2.32. The number of rotatable bonds is 6. The van der Waals surface area contributed by atoms with Gasteiger partial charge in [0.2, 0.25) is 5.91 Å². The molecule has 3 aromatic heterocycles. The molecule has 1 aliphatic rings. The topological polar surface area (TPSA) is 92.7 Å². The Balaban J connectivity index is 1.30. The van der Waals surface area contributed by atoms with Crippen molar-refractivity contribution < 1.29 is 4.79 Å². The largest absolute Gasteiger partial charge is 0.382 e. The molecule has 0 aliphatic carbocycles. The van der Waals surface area contributed by atoms with Crippen molar-refractivity contribution in [3.8, 4) is 22.5 Å². The molecule has 6 rings (SSSR count). The van der Waals surface area contributed by atoms with Gasteiger partial charge in [0.25, 0.3) is 0 Å². The van der Waals surface area contributed by atoms with E-state index in [1.54, 1.807) is 6.20 Å². The lowest BCUT2D eigenvalue weighted by Crippen LogP contribution is -2.43. The number of pyridine rings is 1. The van der Waals surface area contributed by atoms with Crippen LogP contribution < -0.4 is 5.73 Å². The van der Waals surface area contributed by atoms with Crippen molar-refractivity contribution in [2.75, 3.05) is 39.5 Å². The molecule has 2 aromatic carbocycles. The van der Waals surface area contributed by atoms with E-state index >= 15 is 0 Å². The highest BCUT2D eigenvalue weighted by atomic mass is 16.2. The number of aromatic nitrogens is 4. The van der Waals surface area contributed by atoms with E-state index in [1.807, 2.05) is 48.3 Å². The fraction of sp³-hybridized carbons (Fsp3) is 0.290. The van der Waals surface area contributed by atoms with Crippen LogP contribution in [-0.4, -0.2) is 68.8 Å². The van der Waals surface area contributed by atoms with Crippen molar-refractivity contribution >= 4 is 28.1 Å². The van der Waals surface area contributed by atoms with Gasteiger partial charge in [-0.2, -0.15) is 0 Å². The number of benzene rings is 2. The molecule has 1 aliphatic heterocycles. The zero-order valence-corrected chi connectivity index (χ0v) is 22.4. The van der Waals surface area contributed by atoms with Crippen LogP contribution in [0, 0.1) is 5.92 Å². The minimum atomic E-state index is 0.200. The Bertz CT molecular complexity index is 1640. The number of nitrogen functional groups attached to an aromatic ring is 1. The van der Waals surface area contributed by atoms with E-state index in [1.165, 1.54) is 0 Å². The van der Waals surface area contributed by atoms with E-state index in [2.05, 4.69) is 51.8 Å². The van der Waals surface area contributed by atoms with E-state index in [9.17, 15) is 4.79 Å². The summed E-state index contributed by atoms with van der Waals surface area (Å²) < 4.78 is 2.08. The zero-order valence-electron chi connectivity index (χ0n) is 22.4. The Labute approximate surface area is 228 Å². The SMILES string of the molecule is CN(C)CC(=O)N1CCC(Cc2nc(-c3ccc4ccc(-c5ccccc5)nc4c3)c3c(N)nccn23)CC1. The molecule has 1 saturated heterocycles. The van der Waals surface area contributed by atoms with Crippen LogP contribution in [0.2, 0.25) is 0 Å². The maximum absolute atomic E-state index is 12.5. The number of amides is 1. The van der Waals surface area contributed by atoms with E-state index in [4.69, 9.17) is 15.7 Å². The molecule has 1 amide bonds. The van der Waals surface area contributed by atoms with Crippen LogP contribution in [0.1, 0.15) is 18.7 Å². The molecular formula is C31H33N7O. The average molecular weight is 520 g/mol. The Morgan fingerprint density at radius 2 is 1.77 bits per heavy atom. The first-order valence-corrected chi connectivity index (χ1v) is 13.5. The van der Waals surface area contributed by atoms with Crippen molar-refractivity contribution in [1.82, 2.24) is 29.2 Å². The number of fused-ring (bicyclic) bond motifs is 2. The van der Waals surface area contributed by atoms with Crippen LogP contribution in [0.4, 0.5) is 5.82 Å². The van der Waals surface area contributed by atoms with Gasteiger partial charge in [0.1, 0.15) is 22.9 Å². The Morgan fingerprint density at radius 1 is 1.00 bits per heavy atom. The number of likely N-dealkylation sites (tertiary alicyclic amines) is 1. The second-order valence-electron chi connectivity index (χ2n) is 10.6. The van der Waals surface area contributed by atoms with Crippen molar-refractivity contribution in [1.29, 1.82) is 0 Å². The number of nitrogens with zero attached hydrogens (tertiary/aromatic N) is 6. The number of carbonyl (C=O) groups excluding carboxylic acids is 1. The first kappa shape index (κ1) is 25.0. The molecule has 0 atom stereocenters. The summed E-state index contributed by atoms with van der Waals surface area (Å²) in [7, 11) is 3.86. The molecule has 0 radical (unpaired) electrons. The Morgan fingerprint density at radius 3 is 2.54 bits per heavy atom. The molecule has 5 aromatic rings. The van der Waals surface area contributed by atoms with Crippen molar-refractivity contribution in [2.24, 2.45) is 5.92 Å². The highest BCUT2D eigenvalue weighted by Crippen LogP contribution is 2.32. The first-order valence-electron chi connectivity index (χ1n) is 13.5. The number of carbonyl (C=O) groups is 1. The number of likely N-dealkylation sites (N-methyl/N-ethyl adjacent to an activating group) is 1. The maximum Gasteiger partial charge on any atom is 0.236 e. The first-order chi connectivity index (χ1) is 19.0. The molecule has 0 unspecified atom stereocenters. The van der Waals surface area contributed by atoms with Crippen molar-refractivity contribution in [3.63, 3.8) is 0 Å². The predicted molar refractivity (Wildman–Crippen MR) is 155 cm³/mol. The second kappa shape index (κ2) is 10.5. The predicted octanol–water partition coefficient (Wildman–Crippen LogP) is 4.54. The van der Waals surface area contributed by atoms with Crippen LogP contribution in [0.15, 0.2) is 73.1 Å². The molecule has 4 heterocycles. The van der Waals surface area contributed by atoms with Gasteiger partial charge in [-0.15, -0.1) is 0 Å². The highest BCUT2D eigenvalue weighted by Gasteiger charge is 2.25.